The van der Waals surface area contributed by atoms with Crippen LogP contribution in [-0.4, -0.2) is 32.2 Å². The Balaban J connectivity index is 3.77. The zero-order chi connectivity index (χ0) is 9.07. The smallest absolute Gasteiger partial charge is 0.0599 e. The van der Waals surface area contributed by atoms with Crippen molar-refractivity contribution in [1.29, 1.82) is 0 Å². The Morgan fingerprint density at radius 1 is 1.27 bits per heavy atom. The molecule has 0 amide bonds. The topological polar surface area (TPSA) is 3.24 Å². The summed E-state index contributed by atoms with van der Waals surface area (Å²) in [5.74, 6) is 0. The zero-order valence-corrected chi connectivity index (χ0v) is 9.94. The van der Waals surface area contributed by atoms with Crippen LogP contribution in [0.15, 0.2) is 0 Å². The lowest BCUT2D eigenvalue weighted by Gasteiger charge is -2.29. The van der Waals surface area contributed by atoms with Crippen molar-refractivity contribution in [3.05, 3.63) is 0 Å². The van der Waals surface area contributed by atoms with Gasteiger partial charge in [-0.3, -0.25) is 0 Å². The standard InChI is InChI=1S/C9H23NSi/c1-7-9(2)10(3)8-11(4,5)6/h9H,7-8H2,1-6H3. The van der Waals surface area contributed by atoms with Crippen molar-refractivity contribution >= 4 is 8.07 Å². The van der Waals surface area contributed by atoms with Gasteiger partial charge in [-0.2, -0.15) is 0 Å². The van der Waals surface area contributed by atoms with Gasteiger partial charge in [-0.15, -0.1) is 0 Å². The first kappa shape index (κ1) is 11.2. The summed E-state index contributed by atoms with van der Waals surface area (Å²) in [5.41, 5.74) is 0. The molecule has 0 heterocycles. The minimum Gasteiger partial charge on any atom is -0.306 e. The molecular formula is C9H23NSi. The van der Waals surface area contributed by atoms with Crippen LogP contribution in [0.25, 0.3) is 0 Å². The molecule has 0 saturated carbocycles. The molecule has 0 saturated heterocycles. The third-order valence-corrected chi connectivity index (χ3v) is 3.51. The number of nitrogens with zero attached hydrogens (tertiary/aromatic N) is 1. The molecule has 0 rings (SSSR count). The Labute approximate surface area is 72.8 Å². The molecule has 0 aliphatic heterocycles. The van der Waals surface area contributed by atoms with Gasteiger partial charge < -0.3 is 4.90 Å². The van der Waals surface area contributed by atoms with E-state index in [1.165, 1.54) is 12.6 Å². The summed E-state index contributed by atoms with van der Waals surface area (Å²) in [4.78, 5) is 2.49. The first-order valence-electron chi connectivity index (χ1n) is 4.57. The lowest BCUT2D eigenvalue weighted by atomic mass is 10.2. The van der Waals surface area contributed by atoms with Crippen LogP contribution < -0.4 is 0 Å². The highest BCUT2D eigenvalue weighted by atomic mass is 28.3. The molecule has 0 aliphatic rings. The maximum atomic E-state index is 2.49. The van der Waals surface area contributed by atoms with Crippen LogP contribution >= 0.6 is 0 Å². The van der Waals surface area contributed by atoms with E-state index >= 15 is 0 Å². The van der Waals surface area contributed by atoms with Gasteiger partial charge in [-0.1, -0.05) is 26.6 Å². The molecule has 2 heteroatoms. The van der Waals surface area contributed by atoms with Gasteiger partial charge in [0.25, 0.3) is 0 Å². The third-order valence-electron chi connectivity index (χ3n) is 2.07. The molecule has 68 valence electrons. The van der Waals surface area contributed by atoms with Crippen molar-refractivity contribution in [3.8, 4) is 0 Å². The van der Waals surface area contributed by atoms with Gasteiger partial charge in [0.2, 0.25) is 0 Å². The summed E-state index contributed by atoms with van der Waals surface area (Å²) < 4.78 is 0. The van der Waals surface area contributed by atoms with Gasteiger partial charge in [0.05, 0.1) is 8.07 Å². The lowest BCUT2D eigenvalue weighted by Crippen LogP contribution is -2.42. The molecule has 1 nitrogen and oxygen atoms in total. The molecule has 0 spiro atoms. The minimum absolute atomic E-state index is 0.752. The highest BCUT2D eigenvalue weighted by Gasteiger charge is 2.17. The molecule has 0 aliphatic carbocycles. The molecule has 1 atom stereocenters. The van der Waals surface area contributed by atoms with Crippen molar-refractivity contribution in [2.45, 2.75) is 46.0 Å². The van der Waals surface area contributed by atoms with Crippen molar-refractivity contribution in [2.75, 3.05) is 13.2 Å². The van der Waals surface area contributed by atoms with Gasteiger partial charge in [0.1, 0.15) is 0 Å². The van der Waals surface area contributed by atoms with E-state index in [-0.39, 0.29) is 0 Å². The Bertz CT molecular complexity index is 107. The molecule has 0 fully saturated rings. The SMILES string of the molecule is CCC(C)N(C)C[Si](C)(C)C. The maximum Gasteiger partial charge on any atom is 0.0599 e. The predicted octanol–water partition coefficient (Wildman–Crippen LogP) is 2.59. The van der Waals surface area contributed by atoms with Crippen molar-refractivity contribution in [1.82, 2.24) is 4.90 Å². The summed E-state index contributed by atoms with van der Waals surface area (Å²) in [6.07, 6.45) is 2.59. The van der Waals surface area contributed by atoms with Gasteiger partial charge in [-0.25, -0.2) is 0 Å². The van der Waals surface area contributed by atoms with Crippen molar-refractivity contribution < 1.29 is 0 Å². The number of hydrogen-bond donors (Lipinski definition) is 0. The van der Waals surface area contributed by atoms with E-state index in [0.717, 1.165) is 6.04 Å². The largest absolute Gasteiger partial charge is 0.306 e. The quantitative estimate of drug-likeness (QED) is 0.591. The second-order valence-electron chi connectivity index (χ2n) is 4.73. The molecule has 1 unspecified atom stereocenters. The lowest BCUT2D eigenvalue weighted by molar-refractivity contribution is 0.286. The minimum atomic E-state index is -0.873. The molecule has 0 aromatic heterocycles. The first-order chi connectivity index (χ1) is 4.87. The number of rotatable bonds is 4. The van der Waals surface area contributed by atoms with Crippen LogP contribution in [0.1, 0.15) is 20.3 Å². The molecule has 0 aromatic carbocycles. The summed E-state index contributed by atoms with van der Waals surface area (Å²) in [6, 6.07) is 0.752. The molecular weight excluding hydrogens is 150 g/mol. The maximum absolute atomic E-state index is 2.49. The molecule has 11 heavy (non-hydrogen) atoms. The molecule has 0 radical (unpaired) electrons. The van der Waals surface area contributed by atoms with Crippen LogP contribution in [0, 0.1) is 0 Å². The second-order valence-corrected chi connectivity index (χ2v) is 10.2. The molecule has 0 bridgehead atoms. The van der Waals surface area contributed by atoms with E-state index in [1.54, 1.807) is 0 Å². The van der Waals surface area contributed by atoms with Crippen molar-refractivity contribution in [2.24, 2.45) is 0 Å². The highest BCUT2D eigenvalue weighted by Crippen LogP contribution is 2.07. The van der Waals surface area contributed by atoms with E-state index in [4.69, 9.17) is 0 Å². The Morgan fingerprint density at radius 2 is 1.73 bits per heavy atom. The molecule has 0 aromatic rings. The normalized spacial score (nSPS) is 15.5. The van der Waals surface area contributed by atoms with Crippen LogP contribution in [0.3, 0.4) is 0 Å². The summed E-state index contributed by atoms with van der Waals surface area (Å²) in [6.45, 7) is 11.8. The fourth-order valence-corrected chi connectivity index (χ4v) is 3.02. The molecule has 0 N–H and O–H groups in total. The van der Waals surface area contributed by atoms with Gasteiger partial charge in [-0.05, 0) is 26.6 Å². The fourth-order valence-electron chi connectivity index (χ4n) is 1.22. The average Bonchev–Trinajstić information content (AvgIpc) is 1.82. The van der Waals surface area contributed by atoms with Gasteiger partial charge >= 0.3 is 0 Å². The van der Waals surface area contributed by atoms with Crippen LogP contribution in [-0.2, 0) is 0 Å². The Kier molecular flexibility index (Phi) is 4.33. The summed E-state index contributed by atoms with van der Waals surface area (Å²) in [5, 5.41) is 0. The van der Waals surface area contributed by atoms with E-state index in [1.807, 2.05) is 0 Å². The Morgan fingerprint density at radius 3 is 2.00 bits per heavy atom. The van der Waals surface area contributed by atoms with Gasteiger partial charge in [0.15, 0.2) is 0 Å². The third kappa shape index (κ3) is 5.45. The monoisotopic (exact) mass is 173 g/mol. The summed E-state index contributed by atoms with van der Waals surface area (Å²) in [7, 11) is 1.37. The van der Waals surface area contributed by atoms with Gasteiger partial charge in [0, 0.05) is 6.04 Å². The first-order valence-corrected chi connectivity index (χ1v) is 8.28. The van der Waals surface area contributed by atoms with E-state index in [0.29, 0.717) is 0 Å². The Hall–Kier alpha value is 0.177. The summed E-state index contributed by atoms with van der Waals surface area (Å²) >= 11 is 0. The fraction of sp³-hybridized carbons (Fsp3) is 1.00. The predicted molar refractivity (Wildman–Crippen MR) is 55.7 cm³/mol. The van der Waals surface area contributed by atoms with Crippen LogP contribution in [0.4, 0.5) is 0 Å². The zero-order valence-electron chi connectivity index (χ0n) is 8.94. The van der Waals surface area contributed by atoms with E-state index in [9.17, 15) is 0 Å². The second kappa shape index (κ2) is 4.26. The number of hydrogen-bond acceptors (Lipinski definition) is 1. The van der Waals surface area contributed by atoms with E-state index < -0.39 is 8.07 Å². The van der Waals surface area contributed by atoms with Crippen LogP contribution in [0.2, 0.25) is 19.6 Å². The highest BCUT2D eigenvalue weighted by molar-refractivity contribution is 6.76. The average molecular weight is 173 g/mol. The van der Waals surface area contributed by atoms with Crippen LogP contribution in [0.5, 0.6) is 0 Å². The van der Waals surface area contributed by atoms with E-state index in [2.05, 4.69) is 45.4 Å². The van der Waals surface area contributed by atoms with Crippen molar-refractivity contribution in [3.63, 3.8) is 0 Å².